The summed E-state index contributed by atoms with van der Waals surface area (Å²) < 4.78 is 13.8. The van der Waals surface area contributed by atoms with E-state index in [4.69, 9.17) is 5.73 Å². The van der Waals surface area contributed by atoms with Crippen molar-refractivity contribution < 1.29 is 9.18 Å². The van der Waals surface area contributed by atoms with E-state index >= 15 is 0 Å². The Balaban J connectivity index is 2.08. The van der Waals surface area contributed by atoms with E-state index in [-0.39, 0.29) is 23.7 Å². The molecular formula is C19H22FN3O. The number of fused-ring (bicyclic) bond motifs is 4. The SMILES string of the molecule is CC1CCCCC(N)c2cc(ccn2)-c2cc(F)ccc2NC1=O. The summed E-state index contributed by atoms with van der Waals surface area (Å²) in [6, 6.07) is 7.94. The Morgan fingerprint density at radius 2 is 2.00 bits per heavy atom. The van der Waals surface area contributed by atoms with Crippen LogP contribution in [0, 0.1) is 11.7 Å². The minimum Gasteiger partial charge on any atom is -0.325 e. The molecule has 4 nitrogen and oxygen atoms in total. The van der Waals surface area contributed by atoms with Crippen LogP contribution in [0.2, 0.25) is 0 Å². The number of benzene rings is 1. The molecule has 2 aromatic rings. The van der Waals surface area contributed by atoms with Crippen LogP contribution in [0.15, 0.2) is 36.5 Å². The molecule has 0 spiro atoms. The summed E-state index contributed by atoms with van der Waals surface area (Å²) in [7, 11) is 0. The van der Waals surface area contributed by atoms with Crippen LogP contribution in [-0.2, 0) is 4.79 Å². The quantitative estimate of drug-likeness (QED) is 0.767. The van der Waals surface area contributed by atoms with E-state index in [1.165, 1.54) is 12.1 Å². The molecule has 2 heterocycles. The van der Waals surface area contributed by atoms with Crippen LogP contribution in [0.3, 0.4) is 0 Å². The highest BCUT2D eigenvalue weighted by Gasteiger charge is 2.18. The van der Waals surface area contributed by atoms with Crippen molar-refractivity contribution in [1.82, 2.24) is 4.98 Å². The van der Waals surface area contributed by atoms with Gasteiger partial charge in [-0.1, -0.05) is 19.8 Å². The van der Waals surface area contributed by atoms with Crippen LogP contribution < -0.4 is 11.1 Å². The topological polar surface area (TPSA) is 68.0 Å². The third-order valence-corrected chi connectivity index (χ3v) is 4.56. The van der Waals surface area contributed by atoms with Crippen molar-refractivity contribution in [3.8, 4) is 11.1 Å². The average Bonchev–Trinajstić information content (AvgIpc) is 2.59. The maximum atomic E-state index is 13.8. The largest absolute Gasteiger partial charge is 0.325 e. The number of rotatable bonds is 0. The molecule has 1 aliphatic rings. The third-order valence-electron chi connectivity index (χ3n) is 4.56. The van der Waals surface area contributed by atoms with Crippen molar-refractivity contribution in [2.24, 2.45) is 11.7 Å². The van der Waals surface area contributed by atoms with E-state index in [9.17, 15) is 9.18 Å². The van der Waals surface area contributed by atoms with E-state index < -0.39 is 0 Å². The maximum absolute atomic E-state index is 13.8. The van der Waals surface area contributed by atoms with Gasteiger partial charge in [-0.15, -0.1) is 0 Å². The van der Waals surface area contributed by atoms with Crippen LogP contribution in [-0.4, -0.2) is 10.9 Å². The van der Waals surface area contributed by atoms with E-state index in [1.54, 1.807) is 12.3 Å². The van der Waals surface area contributed by atoms with E-state index in [1.807, 2.05) is 19.1 Å². The monoisotopic (exact) mass is 327 g/mol. The fourth-order valence-corrected chi connectivity index (χ4v) is 3.03. The van der Waals surface area contributed by atoms with Gasteiger partial charge in [0.15, 0.2) is 0 Å². The van der Waals surface area contributed by atoms with Gasteiger partial charge >= 0.3 is 0 Å². The minimum absolute atomic E-state index is 0.0410. The molecular weight excluding hydrogens is 305 g/mol. The van der Waals surface area contributed by atoms with Crippen molar-refractivity contribution >= 4 is 11.6 Å². The fraction of sp³-hybridized carbons (Fsp3) is 0.368. The molecule has 2 bridgehead atoms. The number of carbonyl (C=O) groups excluding carboxylic acids is 1. The number of nitrogens with zero attached hydrogens (tertiary/aromatic N) is 1. The second-order valence-corrected chi connectivity index (χ2v) is 6.44. The van der Waals surface area contributed by atoms with Gasteiger partial charge in [0.05, 0.1) is 5.69 Å². The lowest BCUT2D eigenvalue weighted by Crippen LogP contribution is -2.20. The van der Waals surface area contributed by atoms with Gasteiger partial charge in [0, 0.05) is 29.4 Å². The molecule has 2 unspecified atom stereocenters. The minimum atomic E-state index is -0.344. The molecule has 0 saturated heterocycles. The van der Waals surface area contributed by atoms with Crippen molar-refractivity contribution in [3.05, 3.63) is 48.0 Å². The van der Waals surface area contributed by atoms with Crippen molar-refractivity contribution in [2.45, 2.75) is 38.6 Å². The summed E-state index contributed by atoms with van der Waals surface area (Å²) in [6.45, 7) is 1.92. The maximum Gasteiger partial charge on any atom is 0.227 e. The molecule has 0 radical (unpaired) electrons. The molecule has 1 aliphatic heterocycles. The van der Waals surface area contributed by atoms with Gasteiger partial charge in [0.1, 0.15) is 5.82 Å². The Kier molecular flexibility index (Phi) is 4.90. The number of anilines is 1. The molecule has 2 atom stereocenters. The first-order valence-electron chi connectivity index (χ1n) is 8.37. The fourth-order valence-electron chi connectivity index (χ4n) is 3.03. The molecule has 0 aliphatic carbocycles. The highest BCUT2D eigenvalue weighted by molar-refractivity contribution is 5.96. The number of halogens is 1. The number of amides is 1. The number of hydrogen-bond donors (Lipinski definition) is 2. The molecule has 1 aromatic carbocycles. The summed E-state index contributed by atoms with van der Waals surface area (Å²) in [5, 5.41) is 2.94. The van der Waals surface area contributed by atoms with Gasteiger partial charge in [0.25, 0.3) is 0 Å². The van der Waals surface area contributed by atoms with Crippen LogP contribution in [0.5, 0.6) is 0 Å². The zero-order valence-electron chi connectivity index (χ0n) is 13.8. The van der Waals surface area contributed by atoms with Gasteiger partial charge in [-0.3, -0.25) is 9.78 Å². The number of hydrogen-bond acceptors (Lipinski definition) is 3. The lowest BCUT2D eigenvalue weighted by Gasteiger charge is -2.15. The second kappa shape index (κ2) is 7.09. The molecule has 0 saturated carbocycles. The first-order valence-corrected chi connectivity index (χ1v) is 8.37. The number of aromatic nitrogens is 1. The van der Waals surface area contributed by atoms with Crippen LogP contribution in [0.4, 0.5) is 10.1 Å². The predicted octanol–water partition coefficient (Wildman–Crippen LogP) is 4.04. The van der Waals surface area contributed by atoms with E-state index in [2.05, 4.69) is 10.3 Å². The summed E-state index contributed by atoms with van der Waals surface area (Å²) in [5.41, 5.74) is 9.10. The number of nitrogens with one attached hydrogen (secondary N) is 1. The Morgan fingerprint density at radius 3 is 2.83 bits per heavy atom. The zero-order valence-corrected chi connectivity index (χ0v) is 13.8. The van der Waals surface area contributed by atoms with Gasteiger partial charge in [-0.05, 0) is 48.7 Å². The Hall–Kier alpha value is -2.27. The Labute approximate surface area is 141 Å². The molecule has 126 valence electrons. The van der Waals surface area contributed by atoms with Crippen molar-refractivity contribution in [2.75, 3.05) is 5.32 Å². The third kappa shape index (κ3) is 3.62. The molecule has 3 N–H and O–H groups in total. The number of nitrogens with two attached hydrogens (primary N) is 1. The first-order chi connectivity index (χ1) is 11.5. The summed E-state index contributed by atoms with van der Waals surface area (Å²) in [4.78, 5) is 16.8. The first kappa shape index (κ1) is 16.6. The van der Waals surface area contributed by atoms with Crippen LogP contribution in [0.1, 0.15) is 44.3 Å². The molecule has 1 aromatic heterocycles. The summed E-state index contributed by atoms with van der Waals surface area (Å²) in [5.74, 6) is -0.482. The molecule has 3 rings (SSSR count). The van der Waals surface area contributed by atoms with Crippen molar-refractivity contribution in [1.29, 1.82) is 0 Å². The molecule has 1 amide bonds. The van der Waals surface area contributed by atoms with E-state index in [0.717, 1.165) is 36.9 Å². The van der Waals surface area contributed by atoms with Gasteiger partial charge in [0.2, 0.25) is 5.91 Å². The standard InChI is InChI=1S/C19H22FN3O/c1-12-4-2-3-5-16(21)18-10-13(8-9-22-18)15-11-14(20)6-7-17(15)23-19(12)24/h6-12,16H,2-5,21H2,1H3,(H,23,24). The second-order valence-electron chi connectivity index (χ2n) is 6.44. The number of carbonyl (C=O) groups is 1. The van der Waals surface area contributed by atoms with Gasteiger partial charge in [-0.2, -0.15) is 0 Å². The van der Waals surface area contributed by atoms with Crippen molar-refractivity contribution in [3.63, 3.8) is 0 Å². The normalized spacial score (nSPS) is 21.7. The summed E-state index contributed by atoms with van der Waals surface area (Å²) >= 11 is 0. The van der Waals surface area contributed by atoms with Gasteiger partial charge in [-0.25, -0.2) is 4.39 Å². The smallest absolute Gasteiger partial charge is 0.227 e. The average molecular weight is 327 g/mol. The lowest BCUT2D eigenvalue weighted by atomic mass is 9.99. The van der Waals surface area contributed by atoms with Gasteiger partial charge < -0.3 is 11.1 Å². The molecule has 0 fully saturated rings. The molecule has 5 heteroatoms. The lowest BCUT2D eigenvalue weighted by molar-refractivity contribution is -0.119. The number of pyridine rings is 1. The van der Waals surface area contributed by atoms with Crippen LogP contribution in [0.25, 0.3) is 11.1 Å². The van der Waals surface area contributed by atoms with Crippen LogP contribution >= 0.6 is 0 Å². The zero-order chi connectivity index (χ0) is 17.1. The molecule has 24 heavy (non-hydrogen) atoms. The predicted molar refractivity (Wildman–Crippen MR) is 92.8 cm³/mol. The highest BCUT2D eigenvalue weighted by Crippen LogP contribution is 2.31. The Bertz CT molecular complexity index is 747. The highest BCUT2D eigenvalue weighted by atomic mass is 19.1. The summed E-state index contributed by atoms with van der Waals surface area (Å²) in [6.07, 6.45) is 5.20. The van der Waals surface area contributed by atoms with E-state index in [0.29, 0.717) is 11.3 Å². The Morgan fingerprint density at radius 1 is 1.21 bits per heavy atom.